The van der Waals surface area contributed by atoms with Gasteiger partial charge < -0.3 is 0 Å². The van der Waals surface area contributed by atoms with Crippen LogP contribution in [-0.4, -0.2) is 5.54 Å². The largest absolute Gasteiger partial charge is 0.178 e. The van der Waals surface area contributed by atoms with Gasteiger partial charge in [0.2, 0.25) is 0 Å². The zero-order valence-corrected chi connectivity index (χ0v) is 10.2. The molecule has 1 aromatic carbocycles. The third-order valence-electron chi connectivity index (χ3n) is 3.33. The van der Waals surface area contributed by atoms with Crippen LogP contribution in [0.1, 0.15) is 37.8 Å². The molecule has 0 amide bonds. The Kier molecular flexibility index (Phi) is 2.90. The third-order valence-corrected chi connectivity index (χ3v) is 3.33. The molecule has 1 aliphatic rings. The van der Waals surface area contributed by atoms with Crippen LogP contribution in [-0.2, 0) is 0 Å². The third kappa shape index (κ3) is 1.92. The second kappa shape index (κ2) is 4.20. The van der Waals surface area contributed by atoms with Crippen LogP contribution in [0.25, 0.3) is 5.70 Å². The predicted molar refractivity (Wildman–Crippen MR) is 67.3 cm³/mol. The van der Waals surface area contributed by atoms with Crippen molar-refractivity contribution in [3.05, 3.63) is 41.5 Å². The number of benzene rings is 1. The number of rotatable bonds is 3. The topological polar surface area (TPSA) is 24.7 Å². The van der Waals surface area contributed by atoms with Crippen molar-refractivity contribution < 1.29 is 0 Å². The average Bonchev–Trinajstić information content (AvgIpc) is 2.75. The maximum Gasteiger partial charge on any atom is 0.102 e. The Morgan fingerprint density at radius 3 is 2.19 bits per heavy atom. The molecule has 2 rings (SSSR count). The molecule has 1 aromatic rings. The van der Waals surface area contributed by atoms with E-state index in [0.29, 0.717) is 0 Å². The summed E-state index contributed by atoms with van der Waals surface area (Å²) in [5, 5.41) is 8.73. The van der Waals surface area contributed by atoms with Gasteiger partial charge in [0.25, 0.3) is 0 Å². The molecular weight excluding hydrogens is 196 g/mol. The van der Waals surface area contributed by atoms with E-state index in [1.807, 2.05) is 0 Å². The zero-order chi connectivity index (χ0) is 11.6. The Morgan fingerprint density at radius 2 is 1.69 bits per heavy atom. The second-order valence-corrected chi connectivity index (χ2v) is 4.41. The molecule has 0 saturated heterocycles. The first-order valence-electron chi connectivity index (χ1n) is 5.92. The van der Waals surface area contributed by atoms with Gasteiger partial charge in [0.1, 0.15) is 5.54 Å². The average molecular weight is 214 g/mol. The minimum absolute atomic E-state index is 0.0553. The lowest BCUT2D eigenvalue weighted by Gasteiger charge is -2.16. The molecule has 1 heterocycles. The van der Waals surface area contributed by atoms with Crippen molar-refractivity contribution in [1.29, 1.82) is 0 Å². The summed E-state index contributed by atoms with van der Waals surface area (Å²) in [7, 11) is 0. The first-order chi connectivity index (χ1) is 7.69. The van der Waals surface area contributed by atoms with Crippen LogP contribution in [0, 0.1) is 6.92 Å². The van der Waals surface area contributed by atoms with Gasteiger partial charge in [0, 0.05) is 5.56 Å². The highest BCUT2D eigenvalue weighted by Gasteiger charge is 2.28. The van der Waals surface area contributed by atoms with E-state index in [0.717, 1.165) is 24.1 Å². The van der Waals surface area contributed by atoms with Crippen LogP contribution in [0.4, 0.5) is 0 Å². The van der Waals surface area contributed by atoms with Crippen LogP contribution >= 0.6 is 0 Å². The Hall–Kier alpha value is -1.44. The SMILES string of the molecule is CCC1(CC)C=C(c2ccc(C)cc2)N=N1. The summed E-state index contributed by atoms with van der Waals surface area (Å²) >= 11 is 0. The van der Waals surface area contributed by atoms with E-state index in [2.05, 4.69) is 61.3 Å². The predicted octanol–water partition coefficient (Wildman–Crippen LogP) is 4.36. The van der Waals surface area contributed by atoms with Crippen LogP contribution in [0.5, 0.6) is 0 Å². The molecular formula is C14H18N2. The molecule has 0 N–H and O–H groups in total. The Labute approximate surface area is 97.1 Å². The highest BCUT2D eigenvalue weighted by atomic mass is 15.2. The lowest BCUT2D eigenvalue weighted by molar-refractivity contribution is 0.490. The summed E-state index contributed by atoms with van der Waals surface area (Å²) in [4.78, 5) is 0. The van der Waals surface area contributed by atoms with Crippen LogP contribution < -0.4 is 0 Å². The van der Waals surface area contributed by atoms with Crippen LogP contribution in [0.15, 0.2) is 40.6 Å². The van der Waals surface area contributed by atoms with Gasteiger partial charge in [-0.1, -0.05) is 43.7 Å². The molecule has 2 heteroatoms. The summed E-state index contributed by atoms with van der Waals surface area (Å²) in [5.41, 5.74) is 3.40. The lowest BCUT2D eigenvalue weighted by atomic mass is 9.93. The molecule has 0 aromatic heterocycles. The summed E-state index contributed by atoms with van der Waals surface area (Å²) in [6.07, 6.45) is 4.24. The van der Waals surface area contributed by atoms with Gasteiger partial charge in [0.05, 0.1) is 5.70 Å². The van der Waals surface area contributed by atoms with E-state index < -0.39 is 0 Å². The summed E-state index contributed by atoms with van der Waals surface area (Å²) in [5.74, 6) is 0. The molecule has 0 atom stereocenters. The molecule has 0 bridgehead atoms. The first-order valence-corrected chi connectivity index (χ1v) is 5.92. The number of hydrogen-bond donors (Lipinski definition) is 0. The Balaban J connectivity index is 2.31. The van der Waals surface area contributed by atoms with Crippen LogP contribution in [0.2, 0.25) is 0 Å². The standard InChI is InChI=1S/C14H18N2/c1-4-14(5-2)10-13(15-16-14)12-8-6-11(3)7-9-12/h6-10H,4-5H2,1-3H3. The van der Waals surface area contributed by atoms with Crippen molar-refractivity contribution in [2.45, 2.75) is 39.2 Å². The van der Waals surface area contributed by atoms with Gasteiger partial charge in [-0.2, -0.15) is 10.2 Å². The number of hydrogen-bond acceptors (Lipinski definition) is 2. The fourth-order valence-corrected chi connectivity index (χ4v) is 1.93. The zero-order valence-electron chi connectivity index (χ0n) is 10.2. The minimum Gasteiger partial charge on any atom is -0.178 e. The van der Waals surface area contributed by atoms with E-state index in [1.165, 1.54) is 5.56 Å². The number of aryl methyl sites for hydroxylation is 1. The van der Waals surface area contributed by atoms with Crippen molar-refractivity contribution in [3.63, 3.8) is 0 Å². The van der Waals surface area contributed by atoms with Gasteiger partial charge in [-0.3, -0.25) is 0 Å². The van der Waals surface area contributed by atoms with Crippen molar-refractivity contribution in [1.82, 2.24) is 0 Å². The fraction of sp³-hybridized carbons (Fsp3) is 0.429. The molecule has 0 unspecified atom stereocenters. The highest BCUT2D eigenvalue weighted by molar-refractivity contribution is 5.67. The second-order valence-electron chi connectivity index (χ2n) is 4.41. The van der Waals surface area contributed by atoms with E-state index in [4.69, 9.17) is 0 Å². The molecule has 16 heavy (non-hydrogen) atoms. The van der Waals surface area contributed by atoms with Gasteiger partial charge >= 0.3 is 0 Å². The summed E-state index contributed by atoms with van der Waals surface area (Å²) in [6, 6.07) is 8.45. The Bertz CT molecular complexity index is 423. The van der Waals surface area contributed by atoms with Gasteiger partial charge in [-0.05, 0) is 25.8 Å². The van der Waals surface area contributed by atoms with Crippen molar-refractivity contribution >= 4 is 5.70 Å². The minimum atomic E-state index is -0.0553. The molecule has 0 saturated carbocycles. The van der Waals surface area contributed by atoms with Gasteiger partial charge in [-0.25, -0.2) is 0 Å². The van der Waals surface area contributed by atoms with Crippen molar-refractivity contribution in [2.24, 2.45) is 10.2 Å². The Morgan fingerprint density at radius 1 is 1.06 bits per heavy atom. The molecule has 0 radical (unpaired) electrons. The number of nitrogens with zero attached hydrogens (tertiary/aromatic N) is 2. The smallest absolute Gasteiger partial charge is 0.102 e. The van der Waals surface area contributed by atoms with Crippen molar-refractivity contribution in [2.75, 3.05) is 0 Å². The first kappa shape index (κ1) is 11.1. The fourth-order valence-electron chi connectivity index (χ4n) is 1.93. The van der Waals surface area contributed by atoms with Crippen LogP contribution in [0.3, 0.4) is 0 Å². The molecule has 0 spiro atoms. The molecule has 1 aliphatic heterocycles. The maximum atomic E-state index is 4.42. The van der Waals surface area contributed by atoms with E-state index in [-0.39, 0.29) is 5.54 Å². The molecule has 84 valence electrons. The molecule has 2 nitrogen and oxygen atoms in total. The number of azo groups is 1. The van der Waals surface area contributed by atoms with Crippen molar-refractivity contribution in [3.8, 4) is 0 Å². The lowest BCUT2D eigenvalue weighted by Crippen LogP contribution is -2.18. The monoisotopic (exact) mass is 214 g/mol. The molecule has 0 aliphatic carbocycles. The summed E-state index contributed by atoms with van der Waals surface area (Å²) < 4.78 is 0. The quantitative estimate of drug-likeness (QED) is 0.714. The van der Waals surface area contributed by atoms with E-state index >= 15 is 0 Å². The van der Waals surface area contributed by atoms with Gasteiger partial charge in [-0.15, -0.1) is 0 Å². The molecule has 0 fully saturated rings. The normalized spacial score (nSPS) is 17.6. The summed E-state index contributed by atoms with van der Waals surface area (Å²) in [6.45, 7) is 6.42. The maximum absolute atomic E-state index is 4.42. The van der Waals surface area contributed by atoms with E-state index in [1.54, 1.807) is 0 Å². The highest BCUT2D eigenvalue weighted by Crippen LogP contribution is 2.34. The van der Waals surface area contributed by atoms with Gasteiger partial charge in [0.15, 0.2) is 0 Å². The van der Waals surface area contributed by atoms with E-state index in [9.17, 15) is 0 Å².